The lowest BCUT2D eigenvalue weighted by molar-refractivity contribution is 0.578. The molecule has 0 radical (unpaired) electrons. The second kappa shape index (κ2) is 5.60. The van der Waals surface area contributed by atoms with Crippen molar-refractivity contribution in [3.8, 4) is 0 Å². The van der Waals surface area contributed by atoms with Crippen LogP contribution in [0.3, 0.4) is 0 Å². The lowest BCUT2D eigenvalue weighted by atomic mass is 10.3. The normalized spacial score (nSPS) is 12.1. The van der Waals surface area contributed by atoms with Crippen LogP contribution in [0, 0.1) is 0 Å². The summed E-state index contributed by atoms with van der Waals surface area (Å²) in [5.74, 6) is 0.565. The van der Waals surface area contributed by atoms with Crippen LogP contribution in [0.5, 0.6) is 0 Å². The summed E-state index contributed by atoms with van der Waals surface area (Å²) >= 11 is 0. The van der Waals surface area contributed by atoms with Crippen molar-refractivity contribution in [3.63, 3.8) is 0 Å². The van der Waals surface area contributed by atoms with Gasteiger partial charge in [0.05, 0.1) is 0 Å². The molecule has 104 valence electrons. The van der Waals surface area contributed by atoms with Crippen LogP contribution in [-0.4, -0.2) is 30.5 Å². The summed E-state index contributed by atoms with van der Waals surface area (Å²) in [4.78, 5) is 0.104. The number of nitrogens with two attached hydrogens (primary N) is 1. The van der Waals surface area contributed by atoms with Crippen molar-refractivity contribution in [1.82, 2.24) is 9.78 Å². The lowest BCUT2D eigenvalue weighted by Crippen LogP contribution is -2.13. The number of nitrogen functional groups attached to an aromatic ring is 1. The molecule has 0 aromatic carbocycles. The van der Waals surface area contributed by atoms with E-state index in [9.17, 15) is 8.42 Å². The van der Waals surface area contributed by atoms with Crippen molar-refractivity contribution in [1.29, 1.82) is 0 Å². The number of aromatic nitrogens is 2. The van der Waals surface area contributed by atoms with Crippen molar-refractivity contribution in [3.05, 3.63) is 0 Å². The highest BCUT2D eigenvalue weighted by atomic mass is 32.2. The average molecular weight is 274 g/mol. The smallest absolute Gasteiger partial charge is 0.182 e. The zero-order chi connectivity index (χ0) is 13.9. The van der Waals surface area contributed by atoms with E-state index in [0.717, 1.165) is 19.1 Å². The van der Waals surface area contributed by atoms with Crippen LogP contribution in [0.2, 0.25) is 0 Å². The molecule has 1 aromatic heterocycles. The van der Waals surface area contributed by atoms with E-state index in [1.54, 1.807) is 4.68 Å². The summed E-state index contributed by atoms with van der Waals surface area (Å²) < 4.78 is 25.1. The molecule has 0 spiro atoms. The maximum absolute atomic E-state index is 11.8. The van der Waals surface area contributed by atoms with Gasteiger partial charge in [0, 0.05) is 18.8 Å². The Morgan fingerprint density at radius 3 is 2.50 bits per heavy atom. The zero-order valence-corrected chi connectivity index (χ0v) is 12.2. The predicted octanol–water partition coefficient (Wildman–Crippen LogP) is 1.49. The monoisotopic (exact) mass is 274 g/mol. The Morgan fingerprint density at radius 2 is 2.06 bits per heavy atom. The van der Waals surface area contributed by atoms with Crippen molar-refractivity contribution < 1.29 is 8.42 Å². The Morgan fingerprint density at radius 1 is 1.44 bits per heavy atom. The van der Waals surface area contributed by atoms with E-state index in [1.165, 1.54) is 0 Å². The molecular formula is C11H22N4O2S. The fourth-order valence-corrected chi connectivity index (χ4v) is 2.61. The van der Waals surface area contributed by atoms with Gasteiger partial charge in [0.15, 0.2) is 20.6 Å². The standard InChI is InChI=1S/C11H22N4O2S/c1-5-6-7-15-10(12)9(18(4,16)17)11(14-15)13-8(2)3/h8H,5-7,12H2,1-4H3,(H,13,14). The van der Waals surface area contributed by atoms with E-state index in [1.807, 2.05) is 13.8 Å². The van der Waals surface area contributed by atoms with Gasteiger partial charge in [-0.2, -0.15) is 5.10 Å². The van der Waals surface area contributed by atoms with Crippen molar-refractivity contribution >= 4 is 21.5 Å². The second-order valence-corrected chi connectivity index (χ2v) is 6.66. The Labute approximate surface area is 108 Å². The number of unbranched alkanes of at least 4 members (excludes halogenated alkanes) is 1. The molecular weight excluding hydrogens is 252 g/mol. The van der Waals surface area contributed by atoms with Crippen molar-refractivity contribution in [2.75, 3.05) is 17.3 Å². The Balaban J connectivity index is 3.23. The highest BCUT2D eigenvalue weighted by Crippen LogP contribution is 2.27. The summed E-state index contributed by atoms with van der Waals surface area (Å²) in [6.07, 6.45) is 3.06. The second-order valence-electron chi connectivity index (χ2n) is 4.71. The third kappa shape index (κ3) is 3.38. The van der Waals surface area contributed by atoms with Crippen LogP contribution in [0.15, 0.2) is 4.90 Å². The third-order valence-electron chi connectivity index (χ3n) is 2.47. The van der Waals surface area contributed by atoms with Crippen LogP contribution in [0.25, 0.3) is 0 Å². The number of aryl methyl sites for hydroxylation is 1. The molecule has 3 N–H and O–H groups in total. The number of hydrogen-bond acceptors (Lipinski definition) is 5. The molecule has 0 saturated heterocycles. The Kier molecular flexibility index (Phi) is 4.61. The maximum Gasteiger partial charge on any atom is 0.182 e. The van der Waals surface area contributed by atoms with Crippen molar-refractivity contribution in [2.45, 2.75) is 51.1 Å². The average Bonchev–Trinajstić information content (AvgIpc) is 2.50. The van der Waals surface area contributed by atoms with Crippen molar-refractivity contribution in [2.24, 2.45) is 0 Å². The summed E-state index contributed by atoms with van der Waals surface area (Å²) in [6, 6.07) is 0.0967. The number of rotatable bonds is 6. The SMILES string of the molecule is CCCCn1nc(NC(C)C)c(S(C)(=O)=O)c1N. The van der Waals surface area contributed by atoms with E-state index < -0.39 is 9.84 Å². The van der Waals surface area contributed by atoms with Gasteiger partial charge in [-0.15, -0.1) is 0 Å². The highest BCUT2D eigenvalue weighted by molar-refractivity contribution is 7.91. The van der Waals surface area contributed by atoms with E-state index >= 15 is 0 Å². The highest BCUT2D eigenvalue weighted by Gasteiger charge is 2.24. The van der Waals surface area contributed by atoms with Crippen LogP contribution < -0.4 is 11.1 Å². The summed E-state index contributed by atoms with van der Waals surface area (Å²) in [6.45, 7) is 6.54. The van der Waals surface area contributed by atoms with Crippen LogP contribution in [0.4, 0.5) is 11.6 Å². The van der Waals surface area contributed by atoms with Crippen LogP contribution in [-0.2, 0) is 16.4 Å². The summed E-state index contributed by atoms with van der Waals surface area (Å²) in [5.41, 5.74) is 5.89. The molecule has 0 amide bonds. The molecule has 0 aliphatic heterocycles. The zero-order valence-electron chi connectivity index (χ0n) is 11.4. The maximum atomic E-state index is 11.8. The van der Waals surface area contributed by atoms with E-state index in [-0.39, 0.29) is 16.8 Å². The minimum atomic E-state index is -3.38. The molecule has 0 bridgehead atoms. The number of hydrogen-bond donors (Lipinski definition) is 2. The molecule has 7 heteroatoms. The number of nitrogens with zero attached hydrogens (tertiary/aromatic N) is 2. The quantitative estimate of drug-likeness (QED) is 0.820. The Hall–Kier alpha value is -1.24. The fourth-order valence-electron chi connectivity index (χ4n) is 1.67. The number of anilines is 2. The first kappa shape index (κ1) is 14.8. The molecule has 0 saturated carbocycles. The molecule has 1 rings (SSSR count). The molecule has 6 nitrogen and oxygen atoms in total. The molecule has 0 unspecified atom stereocenters. The molecule has 1 aromatic rings. The topological polar surface area (TPSA) is 90.0 Å². The first-order chi connectivity index (χ1) is 8.27. The van der Waals surface area contributed by atoms with Crippen LogP contribution in [0.1, 0.15) is 33.6 Å². The molecule has 0 atom stereocenters. The predicted molar refractivity (Wildman–Crippen MR) is 73.4 cm³/mol. The van der Waals surface area contributed by atoms with Gasteiger partial charge in [0.2, 0.25) is 0 Å². The lowest BCUT2D eigenvalue weighted by Gasteiger charge is -2.07. The number of nitrogens with one attached hydrogen (secondary N) is 1. The first-order valence-electron chi connectivity index (χ1n) is 6.10. The summed E-state index contributed by atoms with van der Waals surface area (Å²) in [7, 11) is -3.38. The van der Waals surface area contributed by atoms with Gasteiger partial charge in [-0.3, -0.25) is 0 Å². The first-order valence-corrected chi connectivity index (χ1v) is 7.99. The molecule has 0 aliphatic carbocycles. The minimum absolute atomic E-state index is 0.0967. The minimum Gasteiger partial charge on any atom is -0.383 e. The molecule has 0 fully saturated rings. The largest absolute Gasteiger partial charge is 0.383 e. The van der Waals surface area contributed by atoms with Gasteiger partial charge in [0.25, 0.3) is 0 Å². The summed E-state index contributed by atoms with van der Waals surface area (Å²) in [5, 5.41) is 7.28. The fraction of sp³-hybridized carbons (Fsp3) is 0.727. The van der Waals surface area contributed by atoms with Gasteiger partial charge in [-0.25, -0.2) is 13.1 Å². The van der Waals surface area contributed by atoms with Gasteiger partial charge in [0.1, 0.15) is 5.82 Å². The van der Waals surface area contributed by atoms with Gasteiger partial charge < -0.3 is 11.1 Å². The van der Waals surface area contributed by atoms with Gasteiger partial charge >= 0.3 is 0 Å². The molecule has 0 aliphatic rings. The van der Waals surface area contributed by atoms with E-state index in [2.05, 4.69) is 17.3 Å². The molecule has 1 heterocycles. The van der Waals surface area contributed by atoms with E-state index in [0.29, 0.717) is 12.4 Å². The van der Waals surface area contributed by atoms with Crippen LogP contribution >= 0.6 is 0 Å². The number of sulfone groups is 1. The van der Waals surface area contributed by atoms with E-state index in [4.69, 9.17) is 5.73 Å². The van der Waals surface area contributed by atoms with Gasteiger partial charge in [-0.1, -0.05) is 13.3 Å². The van der Waals surface area contributed by atoms with Gasteiger partial charge in [-0.05, 0) is 20.3 Å². The molecule has 18 heavy (non-hydrogen) atoms. The third-order valence-corrected chi connectivity index (χ3v) is 3.61. The Bertz CT molecular complexity index is 505.